The summed E-state index contributed by atoms with van der Waals surface area (Å²) >= 11 is 5.99. The van der Waals surface area contributed by atoms with Crippen molar-refractivity contribution in [2.75, 3.05) is 13.2 Å². The van der Waals surface area contributed by atoms with Crippen LogP contribution in [-0.4, -0.2) is 19.3 Å². The Kier molecular flexibility index (Phi) is 5.42. The van der Waals surface area contributed by atoms with Crippen molar-refractivity contribution in [2.24, 2.45) is 0 Å². The number of ether oxygens (including phenoxy) is 1. The molecule has 1 atom stereocenters. The lowest BCUT2D eigenvalue weighted by molar-refractivity contribution is 0.0115. The third-order valence-corrected chi connectivity index (χ3v) is 3.61. The van der Waals surface area contributed by atoms with Gasteiger partial charge in [0, 0.05) is 18.2 Å². The minimum Gasteiger partial charge on any atom is -0.378 e. The molecule has 0 radical (unpaired) electrons. The van der Waals surface area contributed by atoms with Crippen LogP contribution in [0.25, 0.3) is 0 Å². The molecule has 1 fully saturated rings. The zero-order chi connectivity index (χ0) is 12.8. The molecule has 1 aliphatic rings. The van der Waals surface area contributed by atoms with Crippen LogP contribution in [-0.2, 0) is 11.3 Å². The molecule has 1 aromatic carbocycles. The zero-order valence-corrected chi connectivity index (χ0v) is 11.2. The van der Waals surface area contributed by atoms with Gasteiger partial charge in [-0.15, -0.1) is 0 Å². The Bertz CT molecular complexity index is 380. The van der Waals surface area contributed by atoms with E-state index in [-0.39, 0.29) is 5.82 Å². The monoisotopic (exact) mass is 271 g/mol. The van der Waals surface area contributed by atoms with Crippen LogP contribution < -0.4 is 5.32 Å². The van der Waals surface area contributed by atoms with Crippen LogP contribution in [0.5, 0.6) is 0 Å². The number of rotatable bonds is 5. The van der Waals surface area contributed by atoms with E-state index < -0.39 is 0 Å². The first kappa shape index (κ1) is 13.8. The second kappa shape index (κ2) is 7.07. The van der Waals surface area contributed by atoms with E-state index >= 15 is 0 Å². The summed E-state index contributed by atoms with van der Waals surface area (Å²) in [5.41, 5.74) is 0.807. The molecule has 18 heavy (non-hydrogen) atoms. The van der Waals surface area contributed by atoms with Crippen molar-refractivity contribution in [3.05, 3.63) is 34.6 Å². The Balaban J connectivity index is 1.69. The van der Waals surface area contributed by atoms with E-state index in [9.17, 15) is 4.39 Å². The lowest BCUT2D eigenvalue weighted by atomic mass is 10.1. The molecule has 1 aliphatic heterocycles. The van der Waals surface area contributed by atoms with E-state index in [2.05, 4.69) is 5.32 Å². The number of nitrogens with one attached hydrogen (secondary N) is 1. The van der Waals surface area contributed by atoms with Gasteiger partial charge in [-0.3, -0.25) is 0 Å². The van der Waals surface area contributed by atoms with Gasteiger partial charge in [-0.1, -0.05) is 11.6 Å². The lowest BCUT2D eigenvalue weighted by Crippen LogP contribution is -2.25. The molecule has 1 unspecified atom stereocenters. The highest BCUT2D eigenvalue weighted by Crippen LogP contribution is 2.17. The van der Waals surface area contributed by atoms with E-state index in [0.29, 0.717) is 17.7 Å². The Labute approximate surface area is 112 Å². The highest BCUT2D eigenvalue weighted by molar-refractivity contribution is 6.31. The fourth-order valence-corrected chi connectivity index (χ4v) is 2.38. The Morgan fingerprint density at radius 1 is 1.39 bits per heavy atom. The van der Waals surface area contributed by atoms with Crippen LogP contribution in [0, 0.1) is 5.82 Å². The maximum atomic E-state index is 13.0. The lowest BCUT2D eigenvalue weighted by Gasteiger charge is -2.22. The summed E-state index contributed by atoms with van der Waals surface area (Å²) in [4.78, 5) is 0. The highest BCUT2D eigenvalue weighted by Gasteiger charge is 2.12. The van der Waals surface area contributed by atoms with Crippen LogP contribution >= 0.6 is 11.6 Å². The molecule has 1 N–H and O–H groups in total. The third-order valence-electron chi connectivity index (χ3n) is 3.24. The van der Waals surface area contributed by atoms with E-state index in [1.54, 1.807) is 6.07 Å². The van der Waals surface area contributed by atoms with Crippen LogP contribution in [0.3, 0.4) is 0 Å². The van der Waals surface area contributed by atoms with Gasteiger partial charge in [0.25, 0.3) is 0 Å². The normalized spacial score (nSPS) is 20.0. The van der Waals surface area contributed by atoms with E-state index in [1.807, 2.05) is 0 Å². The molecular weight excluding hydrogens is 253 g/mol. The molecule has 0 bridgehead atoms. The first-order valence-corrected chi connectivity index (χ1v) is 6.90. The average Bonchev–Trinajstić information content (AvgIpc) is 2.40. The molecular formula is C14H19ClFNO. The van der Waals surface area contributed by atoms with Crippen molar-refractivity contribution in [3.8, 4) is 0 Å². The zero-order valence-electron chi connectivity index (χ0n) is 10.4. The minimum atomic E-state index is -0.244. The predicted octanol–water partition coefficient (Wildman–Crippen LogP) is 3.53. The van der Waals surface area contributed by atoms with Gasteiger partial charge in [-0.05, 0) is 56.0 Å². The van der Waals surface area contributed by atoms with E-state index in [1.165, 1.54) is 25.0 Å². The van der Waals surface area contributed by atoms with Crippen molar-refractivity contribution in [2.45, 2.75) is 38.3 Å². The molecule has 1 saturated heterocycles. The first-order chi connectivity index (χ1) is 8.75. The fourth-order valence-electron chi connectivity index (χ4n) is 2.20. The number of halogens is 2. The van der Waals surface area contributed by atoms with Crippen LogP contribution in [0.15, 0.2) is 18.2 Å². The number of benzene rings is 1. The maximum absolute atomic E-state index is 13.0. The largest absolute Gasteiger partial charge is 0.378 e. The summed E-state index contributed by atoms with van der Waals surface area (Å²) in [7, 11) is 0. The standard InChI is InChI=1S/C14H19ClFNO/c15-14-5-4-12(16)9-11(14)10-17-7-6-13-3-1-2-8-18-13/h4-5,9,13,17H,1-3,6-8,10H2. The molecule has 2 nitrogen and oxygen atoms in total. The summed E-state index contributed by atoms with van der Waals surface area (Å²) in [6.45, 7) is 2.36. The topological polar surface area (TPSA) is 21.3 Å². The maximum Gasteiger partial charge on any atom is 0.123 e. The second-order valence-electron chi connectivity index (χ2n) is 4.69. The van der Waals surface area contributed by atoms with Gasteiger partial charge in [0.1, 0.15) is 5.82 Å². The smallest absolute Gasteiger partial charge is 0.123 e. The van der Waals surface area contributed by atoms with Gasteiger partial charge in [-0.25, -0.2) is 4.39 Å². The molecule has 0 aromatic heterocycles. The number of hydrogen-bond acceptors (Lipinski definition) is 2. The van der Waals surface area contributed by atoms with Gasteiger partial charge in [0.2, 0.25) is 0 Å². The predicted molar refractivity (Wildman–Crippen MR) is 71.3 cm³/mol. The molecule has 2 rings (SSSR count). The third kappa shape index (κ3) is 4.23. The summed E-state index contributed by atoms with van der Waals surface area (Å²) in [5, 5.41) is 3.90. The number of hydrogen-bond donors (Lipinski definition) is 1. The molecule has 1 aromatic rings. The molecule has 0 aliphatic carbocycles. The van der Waals surface area contributed by atoms with E-state index in [4.69, 9.17) is 16.3 Å². The van der Waals surface area contributed by atoms with Crippen molar-refractivity contribution < 1.29 is 9.13 Å². The SMILES string of the molecule is Fc1ccc(Cl)c(CNCCC2CCCCO2)c1. The van der Waals surface area contributed by atoms with Gasteiger partial charge < -0.3 is 10.1 Å². The van der Waals surface area contributed by atoms with Crippen molar-refractivity contribution >= 4 is 11.6 Å². The molecule has 1 heterocycles. The fraction of sp³-hybridized carbons (Fsp3) is 0.571. The highest BCUT2D eigenvalue weighted by atomic mass is 35.5. The molecule has 0 spiro atoms. The van der Waals surface area contributed by atoms with Crippen LogP contribution in [0.2, 0.25) is 5.02 Å². The summed E-state index contributed by atoms with van der Waals surface area (Å²) in [6.07, 6.45) is 4.99. The second-order valence-corrected chi connectivity index (χ2v) is 5.10. The molecule has 0 amide bonds. The van der Waals surface area contributed by atoms with Crippen LogP contribution in [0.4, 0.5) is 4.39 Å². The van der Waals surface area contributed by atoms with Crippen molar-refractivity contribution in [3.63, 3.8) is 0 Å². The molecule has 0 saturated carbocycles. The molecule has 100 valence electrons. The average molecular weight is 272 g/mol. The summed E-state index contributed by atoms with van der Waals surface area (Å²) in [6, 6.07) is 4.45. The molecule has 4 heteroatoms. The van der Waals surface area contributed by atoms with E-state index in [0.717, 1.165) is 31.6 Å². The van der Waals surface area contributed by atoms with Crippen molar-refractivity contribution in [1.82, 2.24) is 5.32 Å². The Hall–Kier alpha value is -0.640. The quantitative estimate of drug-likeness (QED) is 0.828. The van der Waals surface area contributed by atoms with Crippen molar-refractivity contribution in [1.29, 1.82) is 0 Å². The summed E-state index contributed by atoms with van der Waals surface area (Å²) < 4.78 is 18.7. The van der Waals surface area contributed by atoms with Crippen LogP contribution in [0.1, 0.15) is 31.2 Å². The summed E-state index contributed by atoms with van der Waals surface area (Å²) in [5.74, 6) is -0.244. The first-order valence-electron chi connectivity index (χ1n) is 6.52. The Morgan fingerprint density at radius 3 is 3.06 bits per heavy atom. The van der Waals surface area contributed by atoms with Gasteiger partial charge in [0.15, 0.2) is 0 Å². The van der Waals surface area contributed by atoms with Gasteiger partial charge >= 0.3 is 0 Å². The minimum absolute atomic E-state index is 0.244. The van der Waals surface area contributed by atoms with Gasteiger partial charge in [-0.2, -0.15) is 0 Å². The Morgan fingerprint density at radius 2 is 2.28 bits per heavy atom. The van der Waals surface area contributed by atoms with Gasteiger partial charge in [0.05, 0.1) is 6.10 Å².